The zero-order chi connectivity index (χ0) is 15.7. The van der Waals surface area contributed by atoms with Gasteiger partial charge in [-0.25, -0.2) is 10.1 Å². The Morgan fingerprint density at radius 3 is 2.81 bits per heavy atom. The molecule has 21 heavy (non-hydrogen) atoms. The van der Waals surface area contributed by atoms with Crippen molar-refractivity contribution < 1.29 is 14.3 Å². The molecule has 0 aliphatic carbocycles. The molecule has 1 atom stereocenters. The normalized spacial score (nSPS) is 17.8. The van der Waals surface area contributed by atoms with Crippen LogP contribution in [0, 0.1) is 23.0 Å². The lowest BCUT2D eigenvalue weighted by Gasteiger charge is -2.09. The van der Waals surface area contributed by atoms with E-state index in [1.165, 1.54) is 6.07 Å². The Labute approximate surface area is 120 Å². The molecule has 2 heterocycles. The molecule has 0 amide bonds. The maximum Gasteiger partial charge on any atom is 0.280 e. The van der Waals surface area contributed by atoms with Gasteiger partial charge in [0.15, 0.2) is 5.03 Å². The number of hydrogen-bond acceptors (Lipinski definition) is 5. The summed E-state index contributed by atoms with van der Waals surface area (Å²) < 4.78 is 9.70. The van der Waals surface area contributed by atoms with E-state index in [1.807, 2.05) is 0 Å². The number of nitrogens with zero attached hydrogens (tertiary/aromatic N) is 2. The fourth-order valence-corrected chi connectivity index (χ4v) is 1.62. The largest absolute Gasteiger partial charge is 0.384 e. The third-order valence-electron chi connectivity index (χ3n) is 2.65. The van der Waals surface area contributed by atoms with E-state index in [9.17, 15) is 14.9 Å². The third-order valence-corrected chi connectivity index (χ3v) is 2.65. The van der Waals surface area contributed by atoms with E-state index < -0.39 is 5.03 Å². The average molecular weight is 301 g/mol. The van der Waals surface area contributed by atoms with Crippen LogP contribution in [0.3, 0.4) is 0 Å². The van der Waals surface area contributed by atoms with Crippen LogP contribution in [0.15, 0.2) is 20.5 Å². The predicted octanol–water partition coefficient (Wildman–Crippen LogP) is -0.344. The van der Waals surface area contributed by atoms with Crippen LogP contribution < -0.4 is 16.2 Å². The lowest BCUT2D eigenvalue weighted by Crippen LogP contribution is -2.38. The van der Waals surface area contributed by atoms with Crippen LogP contribution in [0.5, 0.6) is 0 Å². The molecule has 1 aliphatic heterocycles. The highest BCUT2D eigenvalue weighted by Gasteiger charge is 2.16. The van der Waals surface area contributed by atoms with Crippen LogP contribution >= 0.6 is 0 Å². The maximum absolute atomic E-state index is 10.1. The predicted molar refractivity (Wildman–Crippen MR) is 74.5 cm³/mol. The lowest BCUT2D eigenvalue weighted by molar-refractivity contribution is -0.485. The number of H-pyrrole nitrogens is 1. The van der Waals surface area contributed by atoms with Gasteiger partial charge in [-0.05, 0) is 13.3 Å². The van der Waals surface area contributed by atoms with Gasteiger partial charge in [0.1, 0.15) is 10.9 Å². The van der Waals surface area contributed by atoms with E-state index in [-0.39, 0.29) is 11.5 Å². The van der Waals surface area contributed by atoms with Gasteiger partial charge in [-0.2, -0.15) is 5.16 Å². The first-order chi connectivity index (χ1) is 10.0. The van der Waals surface area contributed by atoms with Crippen molar-refractivity contribution in [2.45, 2.75) is 13.3 Å². The smallest absolute Gasteiger partial charge is 0.280 e. The minimum atomic E-state index is -0.732. The number of nitro groups is 1. The second-order valence-electron chi connectivity index (χ2n) is 4.37. The van der Waals surface area contributed by atoms with Crippen molar-refractivity contribution in [2.24, 2.45) is 11.0 Å². The summed E-state index contributed by atoms with van der Waals surface area (Å²) in [6.45, 7) is 3.83. The maximum atomic E-state index is 10.1. The summed E-state index contributed by atoms with van der Waals surface area (Å²) in [7, 11) is 1.58. The van der Waals surface area contributed by atoms with Crippen molar-refractivity contribution in [1.29, 1.82) is 0 Å². The molecule has 1 unspecified atom stereocenters. The minimum absolute atomic E-state index is 0.182. The Morgan fingerprint density at radius 1 is 1.67 bits per heavy atom. The molecule has 10 nitrogen and oxygen atoms in total. The third kappa shape index (κ3) is 7.11. The van der Waals surface area contributed by atoms with Gasteiger partial charge in [0.2, 0.25) is 0 Å². The Bertz CT molecular complexity index is 517. The van der Waals surface area contributed by atoms with Gasteiger partial charge < -0.3 is 19.9 Å². The van der Waals surface area contributed by atoms with E-state index in [4.69, 9.17) is 4.74 Å². The number of aryl methyl sites for hydroxylation is 1. The number of hydrogen-bond donors (Lipinski definition) is 3. The Morgan fingerprint density at radius 2 is 2.43 bits per heavy atom. The van der Waals surface area contributed by atoms with Crippen molar-refractivity contribution >= 4 is 5.96 Å². The van der Waals surface area contributed by atoms with E-state index >= 15 is 0 Å². The topological polar surface area (TPSA) is 135 Å². The molecule has 2 rings (SSSR count). The molecular weight excluding hydrogens is 282 g/mol. The molecule has 10 heteroatoms. The fourth-order valence-electron chi connectivity index (χ4n) is 1.62. The molecule has 3 N–H and O–H groups in total. The molecule has 1 aliphatic rings. The number of aromatic amines is 1. The van der Waals surface area contributed by atoms with Crippen LogP contribution in [-0.4, -0.2) is 43.0 Å². The highest BCUT2D eigenvalue weighted by Crippen LogP contribution is 2.10. The van der Waals surface area contributed by atoms with Gasteiger partial charge in [-0.15, -0.1) is 0 Å². The molecule has 0 spiro atoms. The Hall–Kier alpha value is -2.36. The van der Waals surface area contributed by atoms with Gasteiger partial charge in [-0.3, -0.25) is 4.79 Å². The summed E-state index contributed by atoms with van der Waals surface area (Å²) in [4.78, 5) is 20.2. The molecule has 1 saturated heterocycles. The fraction of sp³-hybridized carbons (Fsp3) is 0.636. The summed E-state index contributed by atoms with van der Waals surface area (Å²) in [6, 6.07) is 1.39. The summed E-state index contributed by atoms with van der Waals surface area (Å²) in [6.07, 6.45) is 0.989. The SMILES string of the molecule is CN/C(=N/[N+](=O)[O-])NCC1CCOC1.Cc1cc(=O)[nH]o1. The van der Waals surface area contributed by atoms with Gasteiger partial charge in [-0.1, -0.05) is 0 Å². The van der Waals surface area contributed by atoms with Crippen molar-refractivity contribution in [2.75, 3.05) is 26.8 Å². The monoisotopic (exact) mass is 301 g/mol. The van der Waals surface area contributed by atoms with Crippen LogP contribution in [0.25, 0.3) is 0 Å². The average Bonchev–Trinajstić information content (AvgIpc) is 3.06. The molecule has 118 valence electrons. The van der Waals surface area contributed by atoms with Crippen molar-refractivity contribution in [1.82, 2.24) is 15.8 Å². The summed E-state index contributed by atoms with van der Waals surface area (Å²) in [5.41, 5.74) is -0.183. The van der Waals surface area contributed by atoms with Crippen molar-refractivity contribution in [3.8, 4) is 0 Å². The second kappa shape index (κ2) is 8.74. The molecule has 1 aromatic heterocycles. The van der Waals surface area contributed by atoms with Gasteiger partial charge in [0.25, 0.3) is 11.5 Å². The molecular formula is C11H19N5O5. The number of hydrazone groups is 1. The first-order valence-electron chi connectivity index (χ1n) is 6.38. The number of ether oxygens (including phenoxy) is 1. The lowest BCUT2D eigenvalue weighted by atomic mass is 10.1. The van der Waals surface area contributed by atoms with Crippen LogP contribution in [0.2, 0.25) is 0 Å². The molecule has 1 fully saturated rings. The van der Waals surface area contributed by atoms with E-state index in [1.54, 1.807) is 14.0 Å². The quantitative estimate of drug-likeness (QED) is 0.301. The highest BCUT2D eigenvalue weighted by molar-refractivity contribution is 5.78. The second-order valence-corrected chi connectivity index (χ2v) is 4.37. The van der Waals surface area contributed by atoms with Crippen LogP contribution in [0.1, 0.15) is 12.2 Å². The van der Waals surface area contributed by atoms with E-state index in [2.05, 4.69) is 25.4 Å². The number of nitrogens with one attached hydrogen (secondary N) is 3. The van der Waals surface area contributed by atoms with Gasteiger partial charge >= 0.3 is 0 Å². The molecule has 0 saturated carbocycles. The number of aromatic nitrogens is 1. The zero-order valence-electron chi connectivity index (χ0n) is 11.9. The van der Waals surface area contributed by atoms with Crippen molar-refractivity contribution in [3.63, 3.8) is 0 Å². The molecule has 0 bridgehead atoms. The van der Waals surface area contributed by atoms with E-state index in [0.717, 1.165) is 13.0 Å². The number of guanidine groups is 1. The zero-order valence-corrected chi connectivity index (χ0v) is 11.9. The standard InChI is InChI=1S/C7H14N4O3.C4H5NO2/c1-8-7(10-11(12)13)9-4-6-2-3-14-5-6;1-3-2-4(6)5-7-3/h6H,2-5H2,1H3,(H2,8,9,10);2H,1H3,(H,5,6). The first-order valence-corrected chi connectivity index (χ1v) is 6.38. The van der Waals surface area contributed by atoms with Gasteiger partial charge in [0.05, 0.1) is 6.61 Å². The first kappa shape index (κ1) is 16.7. The summed E-state index contributed by atoms with van der Waals surface area (Å²) in [5, 5.41) is 20.1. The number of rotatable bonds is 3. The molecule has 0 aromatic carbocycles. The van der Waals surface area contributed by atoms with E-state index in [0.29, 0.717) is 24.8 Å². The summed E-state index contributed by atoms with van der Waals surface area (Å²) in [5.74, 6) is 1.22. The van der Waals surface area contributed by atoms with Gasteiger partial charge in [0, 0.05) is 32.2 Å². The Kier molecular flexibility index (Phi) is 6.95. The van der Waals surface area contributed by atoms with Crippen LogP contribution in [-0.2, 0) is 4.74 Å². The highest BCUT2D eigenvalue weighted by atomic mass is 16.7. The van der Waals surface area contributed by atoms with Crippen LogP contribution in [0.4, 0.5) is 0 Å². The molecule has 0 radical (unpaired) electrons. The molecule has 1 aromatic rings. The Balaban J connectivity index is 0.000000262. The van der Waals surface area contributed by atoms with Crippen molar-refractivity contribution in [3.05, 3.63) is 32.3 Å². The summed E-state index contributed by atoms with van der Waals surface area (Å²) >= 11 is 0. The minimum Gasteiger partial charge on any atom is -0.384 e.